The summed E-state index contributed by atoms with van der Waals surface area (Å²) in [6.45, 7) is 0. The molecular formula is C15H11Br2FN2O2. The summed E-state index contributed by atoms with van der Waals surface area (Å²) in [7, 11) is 1.54. The summed E-state index contributed by atoms with van der Waals surface area (Å²) in [6, 6.07) is 8.84. The molecule has 2 aromatic rings. The van der Waals surface area contributed by atoms with Crippen LogP contribution < -0.4 is 10.2 Å². The number of rotatable bonds is 4. The molecule has 0 saturated carbocycles. The number of benzene rings is 2. The van der Waals surface area contributed by atoms with Gasteiger partial charge in [-0.25, -0.2) is 9.82 Å². The van der Waals surface area contributed by atoms with Gasteiger partial charge in [-0.1, -0.05) is 15.9 Å². The van der Waals surface area contributed by atoms with Crippen molar-refractivity contribution >= 4 is 44.0 Å². The molecule has 7 heteroatoms. The fourth-order valence-electron chi connectivity index (χ4n) is 1.72. The van der Waals surface area contributed by atoms with Crippen molar-refractivity contribution in [3.05, 3.63) is 62.3 Å². The van der Waals surface area contributed by atoms with E-state index in [1.54, 1.807) is 13.2 Å². The van der Waals surface area contributed by atoms with Gasteiger partial charge >= 0.3 is 0 Å². The first-order valence-corrected chi connectivity index (χ1v) is 7.72. The maximum absolute atomic E-state index is 12.8. The number of ether oxygens (including phenoxy) is 1. The second-order valence-electron chi connectivity index (χ2n) is 4.22. The molecular weight excluding hydrogens is 419 g/mol. The van der Waals surface area contributed by atoms with Crippen molar-refractivity contribution in [3.63, 3.8) is 0 Å². The number of halogens is 3. The zero-order chi connectivity index (χ0) is 16.1. The van der Waals surface area contributed by atoms with E-state index in [4.69, 9.17) is 4.74 Å². The Kier molecular flexibility index (Phi) is 5.68. The van der Waals surface area contributed by atoms with E-state index in [0.29, 0.717) is 16.9 Å². The quantitative estimate of drug-likeness (QED) is 0.587. The highest BCUT2D eigenvalue weighted by Gasteiger charge is 2.08. The third kappa shape index (κ3) is 4.14. The topological polar surface area (TPSA) is 50.7 Å². The van der Waals surface area contributed by atoms with Gasteiger partial charge in [-0.05, 0) is 52.3 Å². The SMILES string of the molecule is COc1c(Br)cc(Br)cc1C=NNC(=O)c1ccc(F)cc1. The van der Waals surface area contributed by atoms with E-state index >= 15 is 0 Å². The molecule has 4 nitrogen and oxygen atoms in total. The number of hydrazone groups is 1. The maximum atomic E-state index is 12.8. The van der Waals surface area contributed by atoms with E-state index in [9.17, 15) is 9.18 Å². The lowest BCUT2D eigenvalue weighted by atomic mass is 10.2. The van der Waals surface area contributed by atoms with E-state index in [1.165, 1.54) is 30.5 Å². The molecule has 0 saturated heterocycles. The Labute approximate surface area is 143 Å². The second-order valence-corrected chi connectivity index (χ2v) is 5.99. The Balaban J connectivity index is 2.12. The zero-order valence-corrected chi connectivity index (χ0v) is 14.6. The first-order valence-electron chi connectivity index (χ1n) is 6.13. The van der Waals surface area contributed by atoms with Crippen molar-refractivity contribution in [2.75, 3.05) is 7.11 Å². The van der Waals surface area contributed by atoms with Crippen LogP contribution in [0.15, 0.2) is 50.4 Å². The lowest BCUT2D eigenvalue weighted by molar-refractivity contribution is 0.0955. The lowest BCUT2D eigenvalue weighted by Crippen LogP contribution is -2.17. The first kappa shape index (κ1) is 16.6. The van der Waals surface area contributed by atoms with Crippen LogP contribution in [-0.4, -0.2) is 19.2 Å². The van der Waals surface area contributed by atoms with Gasteiger partial charge in [0.1, 0.15) is 11.6 Å². The van der Waals surface area contributed by atoms with Crippen LogP contribution in [0.2, 0.25) is 0 Å². The number of nitrogens with one attached hydrogen (secondary N) is 1. The van der Waals surface area contributed by atoms with Crippen LogP contribution in [0.5, 0.6) is 5.75 Å². The van der Waals surface area contributed by atoms with Crippen LogP contribution >= 0.6 is 31.9 Å². The van der Waals surface area contributed by atoms with Gasteiger partial charge in [0.05, 0.1) is 17.8 Å². The highest BCUT2D eigenvalue weighted by Crippen LogP contribution is 2.31. The van der Waals surface area contributed by atoms with Crippen LogP contribution in [0, 0.1) is 5.82 Å². The van der Waals surface area contributed by atoms with Gasteiger partial charge in [0.2, 0.25) is 0 Å². The van der Waals surface area contributed by atoms with Gasteiger partial charge in [0.15, 0.2) is 0 Å². The number of methoxy groups -OCH3 is 1. The van der Waals surface area contributed by atoms with E-state index in [0.717, 1.165) is 8.95 Å². The highest BCUT2D eigenvalue weighted by atomic mass is 79.9. The number of hydrogen-bond acceptors (Lipinski definition) is 3. The molecule has 2 rings (SSSR count). The fourth-order valence-corrected chi connectivity index (χ4v) is 3.14. The lowest BCUT2D eigenvalue weighted by Gasteiger charge is -2.07. The molecule has 0 radical (unpaired) electrons. The molecule has 1 amide bonds. The second kappa shape index (κ2) is 7.51. The van der Waals surface area contributed by atoms with Gasteiger partial charge in [-0.15, -0.1) is 0 Å². The van der Waals surface area contributed by atoms with Gasteiger partial charge in [0, 0.05) is 15.6 Å². The number of carbonyl (C=O) groups excluding carboxylic acids is 1. The molecule has 1 N–H and O–H groups in total. The largest absolute Gasteiger partial charge is 0.495 e. The minimum Gasteiger partial charge on any atom is -0.495 e. The monoisotopic (exact) mass is 428 g/mol. The average Bonchev–Trinajstić information content (AvgIpc) is 2.47. The molecule has 0 aliphatic rings. The van der Waals surface area contributed by atoms with E-state index < -0.39 is 11.7 Å². The van der Waals surface area contributed by atoms with Gasteiger partial charge in [-0.2, -0.15) is 5.10 Å². The van der Waals surface area contributed by atoms with E-state index in [2.05, 4.69) is 42.4 Å². The highest BCUT2D eigenvalue weighted by molar-refractivity contribution is 9.11. The predicted octanol–water partition coefficient (Wildman–Crippen LogP) is 4.12. The molecule has 0 bridgehead atoms. The Morgan fingerprint density at radius 1 is 1.27 bits per heavy atom. The Hall–Kier alpha value is -1.73. The molecule has 0 spiro atoms. The summed E-state index contributed by atoms with van der Waals surface area (Å²) >= 11 is 6.75. The zero-order valence-electron chi connectivity index (χ0n) is 11.4. The van der Waals surface area contributed by atoms with Crippen molar-refractivity contribution in [2.24, 2.45) is 5.10 Å². The maximum Gasteiger partial charge on any atom is 0.271 e. The normalized spacial score (nSPS) is 10.7. The van der Waals surface area contributed by atoms with Crippen molar-refractivity contribution < 1.29 is 13.9 Å². The molecule has 0 aromatic heterocycles. The number of hydrogen-bond donors (Lipinski definition) is 1. The molecule has 114 valence electrons. The summed E-state index contributed by atoms with van der Waals surface area (Å²) < 4.78 is 19.7. The summed E-state index contributed by atoms with van der Waals surface area (Å²) in [5.74, 6) is -0.226. The van der Waals surface area contributed by atoms with Gasteiger partial charge < -0.3 is 4.74 Å². The molecule has 0 aliphatic carbocycles. The third-order valence-corrected chi connectivity index (χ3v) is 3.76. The summed E-state index contributed by atoms with van der Waals surface area (Å²) in [5.41, 5.74) is 3.38. The molecule has 0 heterocycles. The van der Waals surface area contributed by atoms with E-state index in [-0.39, 0.29) is 0 Å². The van der Waals surface area contributed by atoms with Crippen molar-refractivity contribution in [3.8, 4) is 5.75 Å². The number of nitrogens with zero attached hydrogens (tertiary/aromatic N) is 1. The Morgan fingerprint density at radius 2 is 1.95 bits per heavy atom. The molecule has 0 aliphatic heterocycles. The molecule has 2 aromatic carbocycles. The first-order chi connectivity index (χ1) is 10.5. The van der Waals surface area contributed by atoms with Crippen LogP contribution in [0.3, 0.4) is 0 Å². The summed E-state index contributed by atoms with van der Waals surface area (Å²) in [6.07, 6.45) is 1.47. The average molecular weight is 430 g/mol. The molecule has 22 heavy (non-hydrogen) atoms. The number of carbonyl (C=O) groups is 1. The van der Waals surface area contributed by atoms with Crippen molar-refractivity contribution in [1.82, 2.24) is 5.43 Å². The molecule has 0 fully saturated rings. The van der Waals surface area contributed by atoms with Crippen LogP contribution in [0.1, 0.15) is 15.9 Å². The molecule has 0 atom stereocenters. The van der Waals surface area contributed by atoms with E-state index in [1.807, 2.05) is 6.07 Å². The fraction of sp³-hybridized carbons (Fsp3) is 0.0667. The standard InChI is InChI=1S/C15H11Br2FN2O2/c1-22-14-10(6-11(16)7-13(14)17)8-19-20-15(21)9-2-4-12(18)5-3-9/h2-8H,1H3,(H,20,21). The Bertz CT molecular complexity index is 718. The van der Waals surface area contributed by atoms with Crippen LogP contribution in [0.25, 0.3) is 0 Å². The third-order valence-electron chi connectivity index (χ3n) is 2.72. The van der Waals surface area contributed by atoms with Crippen LogP contribution in [-0.2, 0) is 0 Å². The van der Waals surface area contributed by atoms with Gasteiger partial charge in [0.25, 0.3) is 5.91 Å². The smallest absolute Gasteiger partial charge is 0.271 e. The summed E-state index contributed by atoms with van der Waals surface area (Å²) in [4.78, 5) is 11.8. The van der Waals surface area contributed by atoms with Gasteiger partial charge in [-0.3, -0.25) is 4.79 Å². The minimum atomic E-state index is -0.427. The van der Waals surface area contributed by atoms with Crippen LogP contribution in [0.4, 0.5) is 4.39 Å². The van der Waals surface area contributed by atoms with Crippen molar-refractivity contribution in [1.29, 1.82) is 0 Å². The molecule has 0 unspecified atom stereocenters. The summed E-state index contributed by atoms with van der Waals surface area (Å²) in [5, 5.41) is 3.89. The predicted molar refractivity (Wildman–Crippen MR) is 89.9 cm³/mol. The Morgan fingerprint density at radius 3 is 2.59 bits per heavy atom. The van der Waals surface area contributed by atoms with Crippen molar-refractivity contribution in [2.45, 2.75) is 0 Å². The number of amides is 1. The minimum absolute atomic E-state index is 0.320.